The first kappa shape index (κ1) is 18.7. The normalized spacial score (nSPS) is 18.1. The molecule has 1 aromatic rings. The minimum Gasteiger partial charge on any atom is -0.491 e. The third-order valence-corrected chi connectivity index (χ3v) is 5.51. The van der Waals surface area contributed by atoms with Crippen molar-refractivity contribution in [2.24, 2.45) is 5.92 Å². The second-order valence-electron chi connectivity index (χ2n) is 6.47. The lowest BCUT2D eigenvalue weighted by atomic mass is 9.97. The third kappa shape index (κ3) is 5.49. The molecule has 1 amide bonds. The van der Waals surface area contributed by atoms with Gasteiger partial charge >= 0.3 is 0 Å². The highest BCUT2D eigenvalue weighted by Gasteiger charge is 2.29. The van der Waals surface area contributed by atoms with E-state index < -0.39 is 10.0 Å². The minimum absolute atomic E-state index is 0.0249. The van der Waals surface area contributed by atoms with Crippen LogP contribution in [0.5, 0.6) is 5.75 Å². The molecular weight excluding hydrogens is 328 g/mol. The second-order valence-corrected chi connectivity index (χ2v) is 8.45. The maximum Gasteiger partial charge on any atom is 0.223 e. The van der Waals surface area contributed by atoms with Crippen LogP contribution in [0.4, 0.5) is 0 Å². The van der Waals surface area contributed by atoms with Crippen molar-refractivity contribution in [2.45, 2.75) is 32.7 Å². The van der Waals surface area contributed by atoms with Crippen LogP contribution in [0.15, 0.2) is 24.3 Å². The molecule has 1 aromatic carbocycles. The van der Waals surface area contributed by atoms with E-state index in [0.29, 0.717) is 32.5 Å². The smallest absolute Gasteiger partial charge is 0.223 e. The molecule has 0 aromatic heterocycles. The Morgan fingerprint density at radius 2 is 1.88 bits per heavy atom. The maximum absolute atomic E-state index is 12.3. The van der Waals surface area contributed by atoms with Crippen molar-refractivity contribution in [3.63, 3.8) is 0 Å². The Morgan fingerprint density at radius 3 is 2.42 bits per heavy atom. The van der Waals surface area contributed by atoms with Crippen LogP contribution < -0.4 is 10.1 Å². The molecule has 2 rings (SSSR count). The van der Waals surface area contributed by atoms with Gasteiger partial charge in [0.2, 0.25) is 15.9 Å². The molecule has 1 heterocycles. The molecule has 0 unspecified atom stereocenters. The Balaban J connectivity index is 1.75. The van der Waals surface area contributed by atoms with Crippen LogP contribution in [-0.2, 0) is 14.8 Å². The molecule has 0 bridgehead atoms. The number of amides is 1. The molecule has 1 N–H and O–H groups in total. The van der Waals surface area contributed by atoms with Crippen LogP contribution in [0.1, 0.15) is 25.3 Å². The number of piperidine rings is 1. The summed E-state index contributed by atoms with van der Waals surface area (Å²) in [5.41, 5.74) is 1.17. The molecule has 1 fully saturated rings. The summed E-state index contributed by atoms with van der Waals surface area (Å²) in [4.78, 5) is 12.3. The highest BCUT2D eigenvalue weighted by atomic mass is 32.2. The van der Waals surface area contributed by atoms with Gasteiger partial charge in [-0.15, -0.1) is 0 Å². The van der Waals surface area contributed by atoms with E-state index in [1.807, 2.05) is 38.1 Å². The summed E-state index contributed by atoms with van der Waals surface area (Å²) in [7, 11) is -3.16. The number of rotatable bonds is 6. The molecule has 0 spiro atoms. The summed E-state index contributed by atoms with van der Waals surface area (Å²) in [6.07, 6.45) is 2.33. The molecular formula is C17H26N2O4S. The number of nitrogens with zero attached hydrogens (tertiary/aromatic N) is 1. The SMILES string of the molecule is Cc1ccc(OC[C@@H](C)NC(=O)C2CCN(S(C)(=O)=O)CC2)cc1. The van der Waals surface area contributed by atoms with Gasteiger partial charge in [0.1, 0.15) is 12.4 Å². The molecule has 6 nitrogen and oxygen atoms in total. The number of ether oxygens (including phenoxy) is 1. The predicted octanol–water partition coefficient (Wildman–Crippen LogP) is 1.55. The standard InChI is InChI=1S/C17H26N2O4S/c1-13-4-6-16(7-5-13)23-12-14(2)18-17(20)15-8-10-19(11-9-15)24(3,21)22/h4-7,14-15H,8-12H2,1-3H3,(H,18,20)/t14-/m1/s1. The zero-order valence-electron chi connectivity index (χ0n) is 14.5. The lowest BCUT2D eigenvalue weighted by Crippen LogP contribution is -2.45. The fraction of sp³-hybridized carbons (Fsp3) is 0.588. The van der Waals surface area contributed by atoms with Crippen LogP contribution in [0.25, 0.3) is 0 Å². The zero-order chi connectivity index (χ0) is 17.7. The highest BCUT2D eigenvalue weighted by Crippen LogP contribution is 2.19. The molecule has 7 heteroatoms. The van der Waals surface area contributed by atoms with Crippen LogP contribution in [0.3, 0.4) is 0 Å². The summed E-state index contributed by atoms with van der Waals surface area (Å²) in [6.45, 7) is 5.13. The van der Waals surface area contributed by atoms with E-state index in [2.05, 4.69) is 5.32 Å². The molecule has 1 saturated heterocycles. The van der Waals surface area contributed by atoms with E-state index in [4.69, 9.17) is 4.74 Å². The van der Waals surface area contributed by atoms with Gasteiger partial charge in [-0.3, -0.25) is 4.79 Å². The monoisotopic (exact) mass is 354 g/mol. The molecule has 1 aliphatic heterocycles. The summed E-state index contributed by atoms with van der Waals surface area (Å²) in [6, 6.07) is 7.67. The van der Waals surface area contributed by atoms with Crippen molar-refractivity contribution in [3.05, 3.63) is 29.8 Å². The average molecular weight is 354 g/mol. The summed E-state index contributed by atoms with van der Waals surface area (Å²) < 4.78 is 30.1. The first-order chi connectivity index (χ1) is 11.3. The van der Waals surface area contributed by atoms with Crippen molar-refractivity contribution < 1.29 is 17.9 Å². The Bertz CT molecular complexity index is 650. The Labute approximate surface area is 144 Å². The predicted molar refractivity (Wildman–Crippen MR) is 93.4 cm³/mol. The second kappa shape index (κ2) is 7.98. The van der Waals surface area contributed by atoms with E-state index in [0.717, 1.165) is 5.75 Å². The lowest BCUT2D eigenvalue weighted by molar-refractivity contribution is -0.126. The molecule has 0 radical (unpaired) electrons. The minimum atomic E-state index is -3.16. The number of aryl methyl sites for hydroxylation is 1. The van der Waals surface area contributed by atoms with Crippen molar-refractivity contribution in [1.29, 1.82) is 0 Å². The number of hydrogen-bond acceptors (Lipinski definition) is 4. The van der Waals surface area contributed by atoms with Crippen molar-refractivity contribution >= 4 is 15.9 Å². The van der Waals surface area contributed by atoms with Crippen molar-refractivity contribution in [1.82, 2.24) is 9.62 Å². The van der Waals surface area contributed by atoms with Gasteiger partial charge in [-0.2, -0.15) is 0 Å². The summed E-state index contributed by atoms with van der Waals surface area (Å²) >= 11 is 0. The number of hydrogen-bond donors (Lipinski definition) is 1. The number of sulfonamides is 1. The first-order valence-electron chi connectivity index (χ1n) is 8.20. The molecule has 24 heavy (non-hydrogen) atoms. The average Bonchev–Trinajstić information content (AvgIpc) is 2.53. The van der Waals surface area contributed by atoms with Gasteiger partial charge < -0.3 is 10.1 Å². The largest absolute Gasteiger partial charge is 0.491 e. The van der Waals surface area contributed by atoms with Gasteiger partial charge in [-0.1, -0.05) is 17.7 Å². The van der Waals surface area contributed by atoms with Gasteiger partial charge in [0.25, 0.3) is 0 Å². The number of carbonyl (C=O) groups excluding carboxylic acids is 1. The van der Waals surface area contributed by atoms with Gasteiger partial charge in [-0.05, 0) is 38.8 Å². The Hall–Kier alpha value is -1.60. The fourth-order valence-electron chi connectivity index (χ4n) is 2.71. The fourth-order valence-corrected chi connectivity index (χ4v) is 3.58. The van der Waals surface area contributed by atoms with E-state index in [9.17, 15) is 13.2 Å². The van der Waals surface area contributed by atoms with Gasteiger partial charge in [0.05, 0.1) is 12.3 Å². The Kier molecular flexibility index (Phi) is 6.23. The van der Waals surface area contributed by atoms with Gasteiger partial charge in [-0.25, -0.2) is 12.7 Å². The summed E-state index contributed by atoms with van der Waals surface area (Å²) in [5.74, 6) is 0.621. The molecule has 134 valence electrons. The van der Waals surface area contributed by atoms with Gasteiger partial charge in [0, 0.05) is 19.0 Å². The highest BCUT2D eigenvalue weighted by molar-refractivity contribution is 7.88. The van der Waals surface area contributed by atoms with Gasteiger partial charge in [0.15, 0.2) is 0 Å². The van der Waals surface area contributed by atoms with Crippen LogP contribution in [0.2, 0.25) is 0 Å². The molecule has 0 saturated carbocycles. The number of nitrogens with one attached hydrogen (secondary N) is 1. The summed E-state index contributed by atoms with van der Waals surface area (Å²) in [5, 5.41) is 2.95. The van der Waals surface area contributed by atoms with E-state index in [1.165, 1.54) is 16.1 Å². The maximum atomic E-state index is 12.3. The Morgan fingerprint density at radius 1 is 1.29 bits per heavy atom. The molecule has 0 aliphatic carbocycles. The zero-order valence-corrected chi connectivity index (χ0v) is 15.3. The third-order valence-electron chi connectivity index (χ3n) is 4.20. The van der Waals surface area contributed by atoms with Crippen molar-refractivity contribution in [3.8, 4) is 5.75 Å². The molecule has 1 aliphatic rings. The van der Waals surface area contributed by atoms with Crippen LogP contribution >= 0.6 is 0 Å². The number of benzene rings is 1. The molecule has 1 atom stereocenters. The van der Waals surface area contributed by atoms with Crippen LogP contribution in [0, 0.1) is 12.8 Å². The first-order valence-corrected chi connectivity index (χ1v) is 10.1. The van der Waals surface area contributed by atoms with Crippen LogP contribution in [-0.4, -0.2) is 50.6 Å². The van der Waals surface area contributed by atoms with E-state index >= 15 is 0 Å². The quantitative estimate of drug-likeness (QED) is 0.841. The topological polar surface area (TPSA) is 75.7 Å². The lowest BCUT2D eigenvalue weighted by Gasteiger charge is -2.30. The van der Waals surface area contributed by atoms with E-state index in [1.54, 1.807) is 0 Å². The van der Waals surface area contributed by atoms with E-state index in [-0.39, 0.29) is 17.9 Å². The van der Waals surface area contributed by atoms with Crippen molar-refractivity contribution in [2.75, 3.05) is 26.0 Å². The number of carbonyl (C=O) groups is 1.